The summed E-state index contributed by atoms with van der Waals surface area (Å²) < 4.78 is 4.83. The molecule has 1 saturated carbocycles. The van der Waals surface area contributed by atoms with Gasteiger partial charge in [-0.2, -0.15) is 0 Å². The van der Waals surface area contributed by atoms with Crippen LogP contribution in [0.2, 0.25) is 0 Å². The minimum Gasteiger partial charge on any atom is -0.497 e. The van der Waals surface area contributed by atoms with Gasteiger partial charge in [0.05, 0.1) is 12.0 Å². The average Bonchev–Trinajstić information content (AvgIpc) is 2.88. The third kappa shape index (κ3) is 4.29. The van der Waals surface area contributed by atoms with E-state index >= 15 is 0 Å². The van der Waals surface area contributed by atoms with E-state index in [0.717, 1.165) is 0 Å². The number of hydrogen-bond donors (Lipinski definition) is 0. The summed E-state index contributed by atoms with van der Waals surface area (Å²) in [5, 5.41) is 10.2. The molecule has 1 aliphatic rings. The third-order valence-electron chi connectivity index (χ3n) is 2.53. The Morgan fingerprint density at radius 2 is 1.50 bits per heavy atom. The highest BCUT2D eigenvalue weighted by Gasteiger charge is 2.02. The van der Waals surface area contributed by atoms with Crippen molar-refractivity contribution in [1.29, 1.82) is 0 Å². The van der Waals surface area contributed by atoms with Gasteiger partial charge in [-0.25, -0.2) is 0 Å². The molecule has 1 aromatic carbocycles. The largest absolute Gasteiger partial charge is 0.497 e. The zero-order chi connectivity index (χ0) is 11.8. The second kappa shape index (κ2) is 6.82. The van der Waals surface area contributed by atoms with Gasteiger partial charge < -0.3 is 4.74 Å². The summed E-state index contributed by atoms with van der Waals surface area (Å²) in [5.74, 6) is 0.621. The van der Waals surface area contributed by atoms with Crippen LogP contribution in [0.3, 0.4) is 0 Å². The van der Waals surface area contributed by atoms with Crippen LogP contribution in [0.4, 0.5) is 5.69 Å². The number of nitrogens with zero attached hydrogens (tertiary/aromatic N) is 1. The van der Waals surface area contributed by atoms with Gasteiger partial charge in [-0.1, -0.05) is 32.1 Å². The first-order valence-electron chi connectivity index (χ1n) is 5.52. The SMILES string of the molecule is C1CCCC1.COc1ccc([N+](=O)[O-])cc1. The van der Waals surface area contributed by atoms with Crippen LogP contribution in [0, 0.1) is 10.1 Å². The van der Waals surface area contributed by atoms with Crippen molar-refractivity contribution < 1.29 is 9.66 Å². The highest BCUT2D eigenvalue weighted by atomic mass is 16.6. The minimum atomic E-state index is -0.445. The van der Waals surface area contributed by atoms with Crippen molar-refractivity contribution in [1.82, 2.24) is 0 Å². The first-order valence-corrected chi connectivity index (χ1v) is 5.52. The summed E-state index contributed by atoms with van der Waals surface area (Å²) in [5.41, 5.74) is 0.0748. The Balaban J connectivity index is 0.000000212. The second-order valence-electron chi connectivity index (χ2n) is 3.72. The molecule has 1 aromatic rings. The maximum absolute atomic E-state index is 10.2. The van der Waals surface area contributed by atoms with Crippen molar-refractivity contribution in [2.75, 3.05) is 7.11 Å². The normalized spacial score (nSPS) is 13.8. The zero-order valence-corrected chi connectivity index (χ0v) is 9.52. The van der Waals surface area contributed by atoms with E-state index in [0.29, 0.717) is 5.75 Å². The molecule has 0 amide bonds. The van der Waals surface area contributed by atoms with E-state index in [-0.39, 0.29) is 5.69 Å². The van der Waals surface area contributed by atoms with Crippen LogP contribution in [0.25, 0.3) is 0 Å². The average molecular weight is 223 g/mol. The Bertz CT molecular complexity index is 310. The minimum absolute atomic E-state index is 0.0748. The van der Waals surface area contributed by atoms with Gasteiger partial charge >= 0.3 is 0 Å². The lowest BCUT2D eigenvalue weighted by atomic mass is 10.3. The number of rotatable bonds is 2. The fraction of sp³-hybridized carbons (Fsp3) is 0.500. The molecule has 0 radical (unpaired) electrons. The molecule has 0 spiro atoms. The molecule has 1 aliphatic carbocycles. The van der Waals surface area contributed by atoms with Crippen LogP contribution >= 0.6 is 0 Å². The van der Waals surface area contributed by atoms with Crippen molar-refractivity contribution in [3.05, 3.63) is 34.4 Å². The van der Waals surface area contributed by atoms with Gasteiger partial charge in [0.2, 0.25) is 0 Å². The Morgan fingerprint density at radius 1 is 1.06 bits per heavy atom. The van der Waals surface area contributed by atoms with E-state index in [1.807, 2.05) is 0 Å². The van der Waals surface area contributed by atoms with Gasteiger partial charge in [-0.3, -0.25) is 10.1 Å². The molecule has 2 rings (SSSR count). The Hall–Kier alpha value is -1.58. The van der Waals surface area contributed by atoms with Crippen molar-refractivity contribution in [3.63, 3.8) is 0 Å². The molecule has 1 fully saturated rings. The fourth-order valence-corrected chi connectivity index (χ4v) is 1.59. The molecule has 0 atom stereocenters. The van der Waals surface area contributed by atoms with E-state index in [2.05, 4.69) is 0 Å². The molecule has 0 heterocycles. The Kier molecular flexibility index (Phi) is 5.32. The molecule has 4 nitrogen and oxygen atoms in total. The molecule has 0 bridgehead atoms. The smallest absolute Gasteiger partial charge is 0.269 e. The maximum atomic E-state index is 10.2. The third-order valence-corrected chi connectivity index (χ3v) is 2.53. The molecule has 16 heavy (non-hydrogen) atoms. The van der Waals surface area contributed by atoms with Gasteiger partial charge in [0.25, 0.3) is 5.69 Å². The lowest BCUT2D eigenvalue weighted by molar-refractivity contribution is -0.384. The second-order valence-corrected chi connectivity index (χ2v) is 3.72. The van der Waals surface area contributed by atoms with Crippen LogP contribution in [0.15, 0.2) is 24.3 Å². The zero-order valence-electron chi connectivity index (χ0n) is 9.52. The predicted molar refractivity (Wildman–Crippen MR) is 62.7 cm³/mol. The molecular weight excluding hydrogens is 206 g/mol. The van der Waals surface area contributed by atoms with Gasteiger partial charge in [0.1, 0.15) is 5.75 Å². The van der Waals surface area contributed by atoms with Gasteiger partial charge in [0.15, 0.2) is 0 Å². The molecular formula is C12H17NO3. The first kappa shape index (κ1) is 12.5. The Labute approximate surface area is 95.4 Å². The number of nitro benzene ring substituents is 1. The lowest BCUT2D eigenvalue weighted by Crippen LogP contribution is -1.87. The quantitative estimate of drug-likeness (QED) is 0.569. The van der Waals surface area contributed by atoms with Gasteiger partial charge in [-0.05, 0) is 12.1 Å². The van der Waals surface area contributed by atoms with Crippen LogP contribution in [0.5, 0.6) is 5.75 Å². The molecule has 0 N–H and O–H groups in total. The van der Waals surface area contributed by atoms with Crippen LogP contribution in [0.1, 0.15) is 32.1 Å². The highest BCUT2D eigenvalue weighted by molar-refractivity contribution is 5.35. The molecule has 88 valence electrons. The van der Waals surface area contributed by atoms with Gasteiger partial charge in [-0.15, -0.1) is 0 Å². The number of non-ortho nitro benzene ring substituents is 1. The molecule has 0 saturated heterocycles. The summed E-state index contributed by atoms with van der Waals surface area (Å²) in [6.45, 7) is 0. The maximum Gasteiger partial charge on any atom is 0.269 e. The summed E-state index contributed by atoms with van der Waals surface area (Å²) in [6.07, 6.45) is 7.50. The fourth-order valence-electron chi connectivity index (χ4n) is 1.59. The number of hydrogen-bond acceptors (Lipinski definition) is 3. The van der Waals surface area contributed by atoms with E-state index in [9.17, 15) is 10.1 Å². The standard InChI is InChI=1S/C7H7NO3.C5H10/c1-11-7-4-2-6(3-5-7)8(9)10;1-2-4-5-3-1/h2-5H,1H3;1-5H2. The first-order chi connectivity index (χ1) is 7.74. The van der Waals surface area contributed by atoms with Crippen LogP contribution in [-0.2, 0) is 0 Å². The van der Waals surface area contributed by atoms with Crippen molar-refractivity contribution in [2.24, 2.45) is 0 Å². The van der Waals surface area contributed by atoms with E-state index < -0.39 is 4.92 Å². The predicted octanol–water partition coefficient (Wildman–Crippen LogP) is 3.55. The van der Waals surface area contributed by atoms with Crippen molar-refractivity contribution in [3.8, 4) is 5.75 Å². The van der Waals surface area contributed by atoms with Crippen molar-refractivity contribution in [2.45, 2.75) is 32.1 Å². The number of ether oxygens (including phenoxy) is 1. The molecule has 0 aliphatic heterocycles. The molecule has 4 heteroatoms. The monoisotopic (exact) mass is 223 g/mol. The van der Waals surface area contributed by atoms with Crippen LogP contribution < -0.4 is 4.74 Å². The number of methoxy groups -OCH3 is 1. The van der Waals surface area contributed by atoms with Crippen molar-refractivity contribution >= 4 is 5.69 Å². The summed E-state index contributed by atoms with van der Waals surface area (Å²) in [6, 6.07) is 5.91. The van der Waals surface area contributed by atoms with E-state index in [1.54, 1.807) is 12.1 Å². The summed E-state index contributed by atoms with van der Waals surface area (Å²) >= 11 is 0. The number of nitro groups is 1. The molecule has 0 unspecified atom stereocenters. The van der Waals surface area contributed by atoms with E-state index in [1.165, 1.54) is 51.3 Å². The van der Waals surface area contributed by atoms with Gasteiger partial charge in [0, 0.05) is 12.1 Å². The Morgan fingerprint density at radius 3 is 1.81 bits per heavy atom. The molecule has 0 aromatic heterocycles. The summed E-state index contributed by atoms with van der Waals surface area (Å²) in [4.78, 5) is 9.72. The van der Waals surface area contributed by atoms with E-state index in [4.69, 9.17) is 4.74 Å². The topological polar surface area (TPSA) is 52.4 Å². The lowest BCUT2D eigenvalue weighted by Gasteiger charge is -1.96. The summed E-state index contributed by atoms with van der Waals surface area (Å²) in [7, 11) is 1.52. The highest BCUT2D eigenvalue weighted by Crippen LogP contribution is 2.16. The number of benzene rings is 1. The van der Waals surface area contributed by atoms with Crippen LogP contribution in [-0.4, -0.2) is 12.0 Å².